The summed E-state index contributed by atoms with van der Waals surface area (Å²) in [6.07, 6.45) is 2.16. The Labute approximate surface area is 272 Å². The third kappa shape index (κ3) is 4.75. The highest BCUT2D eigenvalue weighted by Crippen LogP contribution is 2.39. The van der Waals surface area contributed by atoms with Gasteiger partial charge in [0.05, 0.1) is 16.7 Å². The predicted octanol–water partition coefficient (Wildman–Crippen LogP) is 11.0. The summed E-state index contributed by atoms with van der Waals surface area (Å²) in [5.74, 6) is 0. The van der Waals surface area contributed by atoms with E-state index in [4.69, 9.17) is 5.10 Å². The van der Waals surface area contributed by atoms with E-state index in [-0.39, 0.29) is 0 Å². The fraction of sp³-hybridized carbons (Fsp3) is 0. The summed E-state index contributed by atoms with van der Waals surface area (Å²) in [7, 11) is 0. The Kier molecular flexibility index (Phi) is 6.43. The molecular weight excluding hydrogens is 573 g/mol. The van der Waals surface area contributed by atoms with Crippen LogP contribution >= 0.6 is 0 Å². The van der Waals surface area contributed by atoms with Gasteiger partial charge in [0, 0.05) is 33.8 Å². The molecule has 4 nitrogen and oxygen atoms in total. The first-order chi connectivity index (χ1) is 23.3. The lowest BCUT2D eigenvalue weighted by Gasteiger charge is -2.16. The maximum atomic E-state index is 5.18. The fourth-order valence-corrected chi connectivity index (χ4v) is 6.71. The summed E-state index contributed by atoms with van der Waals surface area (Å²) < 4.78 is 2.25. The van der Waals surface area contributed by atoms with Crippen LogP contribution in [0.25, 0.3) is 71.8 Å². The molecule has 0 aliphatic heterocycles. The number of fused-ring (bicyclic) bond motifs is 3. The minimum Gasteiger partial charge on any atom is -0.317 e. The topological polar surface area (TPSA) is 34.8 Å². The van der Waals surface area contributed by atoms with Gasteiger partial charge in [0.15, 0.2) is 0 Å². The number of anilines is 1. The number of nitrogens with one attached hydrogen (secondary N) is 1. The first-order valence-electron chi connectivity index (χ1n) is 15.9. The SMILES string of the molecule is c1ccc(-c2ccc(-c3nn(Nc4ccc5c(ccn5-c5ccccc5)c4-c4ccc5ccccc5c4)c4ccccc34)cc2)cc1. The Morgan fingerprint density at radius 2 is 1.11 bits per heavy atom. The Morgan fingerprint density at radius 3 is 1.94 bits per heavy atom. The summed E-state index contributed by atoms with van der Waals surface area (Å²) in [5, 5.41) is 9.87. The van der Waals surface area contributed by atoms with E-state index >= 15 is 0 Å². The maximum Gasteiger partial charge on any atom is 0.102 e. The molecule has 0 radical (unpaired) electrons. The van der Waals surface area contributed by atoms with Gasteiger partial charge >= 0.3 is 0 Å². The molecule has 0 fully saturated rings. The average molecular weight is 603 g/mol. The highest BCUT2D eigenvalue weighted by Gasteiger charge is 2.18. The Hall–Kier alpha value is -6.39. The van der Waals surface area contributed by atoms with E-state index in [1.54, 1.807) is 0 Å². The Bertz CT molecular complexity index is 2520. The number of nitrogens with zero attached hydrogens (tertiary/aromatic N) is 3. The van der Waals surface area contributed by atoms with Gasteiger partial charge < -0.3 is 4.57 Å². The van der Waals surface area contributed by atoms with E-state index in [9.17, 15) is 0 Å². The van der Waals surface area contributed by atoms with Crippen molar-refractivity contribution in [3.05, 3.63) is 176 Å². The van der Waals surface area contributed by atoms with Crippen LogP contribution in [-0.4, -0.2) is 14.5 Å². The molecule has 0 amide bonds. The van der Waals surface area contributed by atoms with E-state index < -0.39 is 0 Å². The van der Waals surface area contributed by atoms with E-state index in [0.717, 1.165) is 50.2 Å². The van der Waals surface area contributed by atoms with Crippen LogP contribution in [0.1, 0.15) is 0 Å². The zero-order valence-electron chi connectivity index (χ0n) is 25.6. The van der Waals surface area contributed by atoms with Crippen molar-refractivity contribution in [2.75, 3.05) is 5.43 Å². The van der Waals surface area contributed by atoms with Crippen LogP contribution in [0.4, 0.5) is 5.69 Å². The van der Waals surface area contributed by atoms with Gasteiger partial charge in [-0.25, -0.2) is 0 Å². The van der Waals surface area contributed by atoms with Crippen LogP contribution in [0.5, 0.6) is 0 Å². The summed E-state index contributed by atoms with van der Waals surface area (Å²) in [6.45, 7) is 0. The molecule has 0 aliphatic rings. The van der Waals surface area contributed by atoms with Crippen molar-refractivity contribution < 1.29 is 0 Å². The zero-order valence-corrected chi connectivity index (χ0v) is 25.6. The van der Waals surface area contributed by atoms with Crippen LogP contribution in [0.15, 0.2) is 176 Å². The van der Waals surface area contributed by atoms with Crippen molar-refractivity contribution in [2.24, 2.45) is 0 Å². The molecule has 4 heteroatoms. The average Bonchev–Trinajstić information content (AvgIpc) is 3.74. The molecule has 0 bridgehead atoms. The maximum absolute atomic E-state index is 5.18. The molecule has 0 spiro atoms. The molecule has 2 heterocycles. The molecule has 0 aliphatic carbocycles. The van der Waals surface area contributed by atoms with Gasteiger partial charge in [0.25, 0.3) is 0 Å². The largest absolute Gasteiger partial charge is 0.317 e. The number of rotatable bonds is 6. The molecule has 9 aromatic rings. The van der Waals surface area contributed by atoms with Crippen LogP contribution in [0.3, 0.4) is 0 Å². The highest BCUT2D eigenvalue weighted by atomic mass is 15.6. The third-order valence-electron chi connectivity index (χ3n) is 9.02. The van der Waals surface area contributed by atoms with Gasteiger partial charge in [-0.1, -0.05) is 127 Å². The Morgan fingerprint density at radius 1 is 0.447 bits per heavy atom. The van der Waals surface area contributed by atoms with Crippen LogP contribution in [-0.2, 0) is 0 Å². The van der Waals surface area contributed by atoms with Crippen molar-refractivity contribution in [3.63, 3.8) is 0 Å². The van der Waals surface area contributed by atoms with E-state index in [1.807, 2.05) is 10.9 Å². The summed E-state index contributed by atoms with van der Waals surface area (Å²) in [4.78, 5) is 1.93. The second kappa shape index (κ2) is 11.2. The van der Waals surface area contributed by atoms with Crippen molar-refractivity contribution in [1.29, 1.82) is 0 Å². The second-order valence-electron chi connectivity index (χ2n) is 11.8. The molecule has 0 unspecified atom stereocenters. The minimum atomic E-state index is 0.941. The van der Waals surface area contributed by atoms with Crippen molar-refractivity contribution in [2.45, 2.75) is 0 Å². The van der Waals surface area contributed by atoms with Gasteiger partial charge in [0.2, 0.25) is 0 Å². The standard InChI is InChI=1S/C43H30N4/c1-3-11-30(12-4-1)32-19-22-33(23-20-32)43-38-17-9-10-18-41(38)47(45-43)44-39-25-26-40-37(27-28-46(40)36-15-5-2-6-16-36)42(39)35-24-21-31-13-7-8-14-34(31)29-35/h1-29,44H. The number of aromatic nitrogens is 3. The second-order valence-corrected chi connectivity index (χ2v) is 11.8. The summed E-state index contributed by atoms with van der Waals surface area (Å²) in [5.41, 5.74) is 14.7. The Balaban J connectivity index is 1.19. The van der Waals surface area contributed by atoms with E-state index in [1.165, 1.54) is 27.3 Å². The monoisotopic (exact) mass is 602 g/mol. The van der Waals surface area contributed by atoms with Crippen LogP contribution in [0.2, 0.25) is 0 Å². The number of para-hydroxylation sites is 2. The van der Waals surface area contributed by atoms with Crippen molar-refractivity contribution in [1.82, 2.24) is 14.5 Å². The molecule has 47 heavy (non-hydrogen) atoms. The van der Waals surface area contributed by atoms with Crippen molar-refractivity contribution >= 4 is 38.3 Å². The third-order valence-corrected chi connectivity index (χ3v) is 9.02. The molecule has 222 valence electrons. The molecule has 2 aromatic heterocycles. The minimum absolute atomic E-state index is 0.941. The van der Waals surface area contributed by atoms with Gasteiger partial charge in [0.1, 0.15) is 5.69 Å². The molecule has 0 saturated carbocycles. The quantitative estimate of drug-likeness (QED) is 0.205. The van der Waals surface area contributed by atoms with E-state index in [2.05, 4.69) is 180 Å². The van der Waals surface area contributed by atoms with Crippen LogP contribution in [0, 0.1) is 0 Å². The zero-order chi connectivity index (χ0) is 31.2. The summed E-state index contributed by atoms with van der Waals surface area (Å²) in [6, 6.07) is 59.9. The molecule has 7 aromatic carbocycles. The molecule has 9 rings (SSSR count). The van der Waals surface area contributed by atoms with E-state index in [0.29, 0.717) is 0 Å². The molecular formula is C43H30N4. The highest BCUT2D eigenvalue weighted by molar-refractivity contribution is 6.04. The molecule has 1 N–H and O–H groups in total. The normalized spacial score (nSPS) is 11.4. The van der Waals surface area contributed by atoms with Gasteiger partial charge in [-0.05, 0) is 69.9 Å². The number of hydrogen-bond donors (Lipinski definition) is 1. The number of benzene rings is 7. The van der Waals surface area contributed by atoms with Gasteiger partial charge in [-0.3, -0.25) is 5.43 Å². The van der Waals surface area contributed by atoms with Gasteiger partial charge in [-0.15, -0.1) is 0 Å². The fourth-order valence-electron chi connectivity index (χ4n) is 6.71. The lowest BCUT2D eigenvalue weighted by molar-refractivity contribution is 0.837. The first kappa shape index (κ1) is 27.0. The van der Waals surface area contributed by atoms with Crippen molar-refractivity contribution in [3.8, 4) is 39.2 Å². The lowest BCUT2D eigenvalue weighted by Crippen LogP contribution is -2.11. The molecule has 0 atom stereocenters. The first-order valence-corrected chi connectivity index (χ1v) is 15.9. The lowest BCUT2D eigenvalue weighted by atomic mass is 9.97. The summed E-state index contributed by atoms with van der Waals surface area (Å²) >= 11 is 0. The molecule has 0 saturated heterocycles. The number of hydrogen-bond acceptors (Lipinski definition) is 2. The van der Waals surface area contributed by atoms with Gasteiger partial charge in [-0.2, -0.15) is 9.89 Å². The predicted molar refractivity (Wildman–Crippen MR) is 196 cm³/mol. The van der Waals surface area contributed by atoms with Crippen LogP contribution < -0.4 is 5.43 Å². The smallest absolute Gasteiger partial charge is 0.102 e.